The Morgan fingerprint density at radius 3 is 2.21 bits per heavy atom. The van der Waals surface area contributed by atoms with E-state index in [9.17, 15) is 18.0 Å². The largest absolute Gasteiger partial charge is 0.464 e. The highest BCUT2D eigenvalue weighted by molar-refractivity contribution is 7.91. The van der Waals surface area contributed by atoms with E-state index in [1.54, 1.807) is 55.5 Å². The van der Waals surface area contributed by atoms with Crippen LogP contribution in [0, 0.1) is 0 Å². The van der Waals surface area contributed by atoms with Gasteiger partial charge in [0.2, 0.25) is 0 Å². The fraction of sp³-hybridized carbons (Fsp3) is 0.360. The van der Waals surface area contributed by atoms with Gasteiger partial charge >= 0.3 is 5.97 Å². The molecule has 8 heteroatoms. The van der Waals surface area contributed by atoms with E-state index in [4.69, 9.17) is 4.74 Å². The predicted molar refractivity (Wildman–Crippen MR) is 126 cm³/mol. The Balaban J connectivity index is 1.89. The van der Waals surface area contributed by atoms with Gasteiger partial charge in [-0.15, -0.1) is 0 Å². The van der Waals surface area contributed by atoms with Gasteiger partial charge in [0, 0.05) is 24.4 Å². The molecule has 0 spiro atoms. The molecule has 2 aromatic rings. The van der Waals surface area contributed by atoms with Crippen LogP contribution in [-0.4, -0.2) is 51.1 Å². The Kier molecular flexibility index (Phi) is 8.27. The van der Waals surface area contributed by atoms with E-state index < -0.39 is 15.8 Å². The van der Waals surface area contributed by atoms with E-state index in [1.165, 1.54) is 7.11 Å². The number of nitrogens with zero attached hydrogens (tertiary/aromatic N) is 1. The van der Waals surface area contributed by atoms with Crippen molar-refractivity contribution in [1.82, 2.24) is 10.2 Å². The third kappa shape index (κ3) is 6.22. The number of amides is 1. The van der Waals surface area contributed by atoms with Crippen molar-refractivity contribution in [1.29, 1.82) is 0 Å². The van der Waals surface area contributed by atoms with Gasteiger partial charge in [0.1, 0.15) is 5.70 Å². The summed E-state index contributed by atoms with van der Waals surface area (Å²) in [5.41, 5.74) is 2.28. The van der Waals surface area contributed by atoms with Crippen LogP contribution >= 0.6 is 0 Å². The maximum Gasteiger partial charge on any atom is 0.356 e. The van der Waals surface area contributed by atoms with Crippen molar-refractivity contribution in [3.8, 4) is 0 Å². The zero-order chi connectivity index (χ0) is 23.8. The summed E-state index contributed by atoms with van der Waals surface area (Å²) in [6, 6.07) is 15.6. The first-order valence-corrected chi connectivity index (χ1v) is 12.8. The van der Waals surface area contributed by atoms with Crippen molar-refractivity contribution in [3.63, 3.8) is 0 Å². The summed E-state index contributed by atoms with van der Waals surface area (Å²) in [6.45, 7) is 3.06. The predicted octanol–water partition coefficient (Wildman–Crippen LogP) is 3.32. The third-order valence-corrected chi connectivity index (χ3v) is 7.46. The van der Waals surface area contributed by atoms with Gasteiger partial charge in [-0.25, -0.2) is 13.2 Å². The van der Waals surface area contributed by atoms with Crippen molar-refractivity contribution in [2.24, 2.45) is 0 Å². The van der Waals surface area contributed by atoms with Crippen LogP contribution in [0.2, 0.25) is 0 Å². The minimum atomic E-state index is -3.27. The number of likely N-dealkylation sites (tertiary alicyclic amines) is 1. The SMILES string of the molecule is CCS(=O)(=O)c1ccc(CC/C(NC(=O)c2ccccc2)=C(/C(=O)OC)N2CCCC2)cc1. The van der Waals surface area contributed by atoms with Gasteiger partial charge in [-0.3, -0.25) is 4.79 Å². The van der Waals surface area contributed by atoms with Gasteiger partial charge in [0.05, 0.1) is 17.8 Å². The first-order chi connectivity index (χ1) is 15.9. The van der Waals surface area contributed by atoms with Gasteiger partial charge in [-0.2, -0.15) is 0 Å². The maximum atomic E-state index is 12.9. The van der Waals surface area contributed by atoms with Crippen molar-refractivity contribution in [2.45, 2.75) is 37.5 Å². The standard InChI is InChI=1S/C25H30N2O5S/c1-3-33(30,31)21-14-11-19(12-15-21)13-16-22(26-24(28)20-9-5-4-6-10-20)23(25(29)32-2)27-17-7-8-18-27/h4-6,9-12,14-15H,3,7-8,13,16-18H2,1-2H3,(H,26,28)/b23-22+. The molecule has 1 N–H and O–H groups in total. The molecule has 1 aliphatic heterocycles. The highest BCUT2D eigenvalue weighted by atomic mass is 32.2. The van der Waals surface area contributed by atoms with E-state index in [2.05, 4.69) is 5.32 Å². The molecular weight excluding hydrogens is 440 g/mol. The van der Waals surface area contributed by atoms with E-state index in [1.807, 2.05) is 11.0 Å². The number of carbonyl (C=O) groups excluding carboxylic acids is 2. The Labute approximate surface area is 195 Å². The van der Waals surface area contributed by atoms with Crippen LogP contribution in [0.4, 0.5) is 0 Å². The zero-order valence-electron chi connectivity index (χ0n) is 19.0. The zero-order valence-corrected chi connectivity index (χ0v) is 19.9. The van der Waals surface area contributed by atoms with Crippen LogP contribution in [0.1, 0.15) is 42.1 Å². The first-order valence-electron chi connectivity index (χ1n) is 11.1. The smallest absolute Gasteiger partial charge is 0.356 e. The number of methoxy groups -OCH3 is 1. The molecular formula is C25H30N2O5S. The van der Waals surface area contributed by atoms with Crippen molar-refractivity contribution < 1.29 is 22.7 Å². The molecule has 0 atom stereocenters. The molecule has 0 unspecified atom stereocenters. The lowest BCUT2D eigenvalue weighted by atomic mass is 10.1. The highest BCUT2D eigenvalue weighted by Gasteiger charge is 2.26. The number of rotatable bonds is 9. The number of esters is 1. The number of aryl methyl sites for hydroxylation is 1. The molecule has 1 heterocycles. The summed E-state index contributed by atoms with van der Waals surface area (Å²) < 4.78 is 29.2. The number of benzene rings is 2. The quantitative estimate of drug-likeness (QED) is 0.446. The lowest BCUT2D eigenvalue weighted by Crippen LogP contribution is -2.33. The van der Waals surface area contributed by atoms with Crippen molar-refractivity contribution in [2.75, 3.05) is 26.0 Å². The van der Waals surface area contributed by atoms with E-state index in [0.29, 0.717) is 29.8 Å². The molecule has 1 aliphatic rings. The van der Waals surface area contributed by atoms with Gasteiger partial charge < -0.3 is 15.0 Å². The minimum Gasteiger partial charge on any atom is -0.464 e. The van der Waals surface area contributed by atoms with Crippen LogP contribution < -0.4 is 5.32 Å². The van der Waals surface area contributed by atoms with Gasteiger partial charge in [-0.05, 0) is 55.5 Å². The average molecular weight is 471 g/mol. The molecule has 176 valence electrons. The van der Waals surface area contributed by atoms with E-state index in [0.717, 1.165) is 31.5 Å². The average Bonchev–Trinajstić information content (AvgIpc) is 3.37. The summed E-state index contributed by atoms with van der Waals surface area (Å²) in [5, 5.41) is 2.94. The second kappa shape index (κ2) is 11.1. The summed E-state index contributed by atoms with van der Waals surface area (Å²) in [6.07, 6.45) is 2.84. The van der Waals surface area contributed by atoms with Crippen LogP contribution in [-0.2, 0) is 25.8 Å². The Bertz CT molecular complexity index is 1100. The van der Waals surface area contributed by atoms with Crippen LogP contribution in [0.5, 0.6) is 0 Å². The molecule has 1 fully saturated rings. The third-order valence-electron chi connectivity index (χ3n) is 5.71. The number of hydrogen-bond acceptors (Lipinski definition) is 6. The van der Waals surface area contributed by atoms with Crippen molar-refractivity contribution >= 4 is 21.7 Å². The molecule has 3 rings (SSSR count). The van der Waals surface area contributed by atoms with Gasteiger partial charge in [-0.1, -0.05) is 37.3 Å². The van der Waals surface area contributed by atoms with Crippen LogP contribution in [0.3, 0.4) is 0 Å². The maximum absolute atomic E-state index is 12.9. The molecule has 33 heavy (non-hydrogen) atoms. The molecule has 0 aromatic heterocycles. The highest BCUT2D eigenvalue weighted by Crippen LogP contribution is 2.22. The Hall–Kier alpha value is -3.13. The minimum absolute atomic E-state index is 0.0447. The van der Waals surface area contributed by atoms with Gasteiger partial charge in [0.15, 0.2) is 9.84 Å². The monoisotopic (exact) mass is 470 g/mol. The number of carbonyl (C=O) groups is 2. The Morgan fingerprint density at radius 1 is 1.00 bits per heavy atom. The second-order valence-electron chi connectivity index (χ2n) is 7.88. The number of sulfone groups is 1. The van der Waals surface area contributed by atoms with Crippen LogP contribution in [0.25, 0.3) is 0 Å². The van der Waals surface area contributed by atoms with E-state index >= 15 is 0 Å². The second-order valence-corrected chi connectivity index (χ2v) is 10.2. The molecule has 1 amide bonds. The number of ether oxygens (including phenoxy) is 1. The van der Waals surface area contributed by atoms with E-state index in [-0.39, 0.29) is 16.6 Å². The summed E-state index contributed by atoms with van der Waals surface area (Å²) in [5.74, 6) is -0.733. The van der Waals surface area contributed by atoms with Crippen LogP contribution in [0.15, 0.2) is 70.9 Å². The number of allylic oxidation sites excluding steroid dienone is 1. The lowest BCUT2D eigenvalue weighted by Gasteiger charge is -2.24. The lowest BCUT2D eigenvalue weighted by molar-refractivity contribution is -0.137. The summed E-state index contributed by atoms with van der Waals surface area (Å²) in [4.78, 5) is 27.9. The van der Waals surface area contributed by atoms with Crippen molar-refractivity contribution in [3.05, 3.63) is 77.1 Å². The fourth-order valence-corrected chi connectivity index (χ4v) is 4.70. The number of hydrogen-bond donors (Lipinski definition) is 1. The van der Waals surface area contributed by atoms with Gasteiger partial charge in [0.25, 0.3) is 5.91 Å². The summed E-state index contributed by atoms with van der Waals surface area (Å²) >= 11 is 0. The fourth-order valence-electron chi connectivity index (χ4n) is 3.82. The molecule has 0 radical (unpaired) electrons. The normalized spacial score (nSPS) is 14.5. The molecule has 0 aliphatic carbocycles. The molecule has 2 aromatic carbocycles. The number of nitrogens with one attached hydrogen (secondary N) is 1. The first kappa shape index (κ1) is 24.5. The summed E-state index contributed by atoms with van der Waals surface area (Å²) in [7, 11) is -1.93. The molecule has 0 bridgehead atoms. The molecule has 0 saturated carbocycles. The Morgan fingerprint density at radius 2 is 1.64 bits per heavy atom. The topological polar surface area (TPSA) is 92.8 Å². The molecule has 1 saturated heterocycles. The molecule has 7 nitrogen and oxygen atoms in total.